The summed E-state index contributed by atoms with van der Waals surface area (Å²) in [6.07, 6.45) is 0.713. The molecular weight excluding hydrogens is 292 g/mol. The van der Waals surface area contributed by atoms with E-state index in [1.165, 1.54) is 18.2 Å². The first-order valence-electron chi connectivity index (χ1n) is 6.31. The van der Waals surface area contributed by atoms with Crippen LogP contribution in [0.4, 0.5) is 5.82 Å². The number of rotatable bonds is 5. The van der Waals surface area contributed by atoms with E-state index in [1.807, 2.05) is 6.92 Å². The van der Waals surface area contributed by atoms with Gasteiger partial charge in [0.05, 0.1) is 4.90 Å². The molecule has 21 heavy (non-hydrogen) atoms. The van der Waals surface area contributed by atoms with Gasteiger partial charge in [0, 0.05) is 17.3 Å². The molecule has 0 radical (unpaired) electrons. The summed E-state index contributed by atoms with van der Waals surface area (Å²) in [6.45, 7) is 3.61. The fourth-order valence-electron chi connectivity index (χ4n) is 1.83. The summed E-state index contributed by atoms with van der Waals surface area (Å²) in [4.78, 5) is 11.3. The lowest BCUT2D eigenvalue weighted by molar-refractivity contribution is 0.0999. The Morgan fingerprint density at radius 2 is 2.10 bits per heavy atom. The highest BCUT2D eigenvalue weighted by Gasteiger charge is 2.18. The quantitative estimate of drug-likeness (QED) is 0.768. The fourth-order valence-corrected chi connectivity index (χ4v) is 2.84. The van der Waals surface area contributed by atoms with Gasteiger partial charge in [-0.2, -0.15) is 5.10 Å². The van der Waals surface area contributed by atoms with Gasteiger partial charge < -0.3 is 5.73 Å². The summed E-state index contributed by atoms with van der Waals surface area (Å²) in [5, 5.41) is 6.58. The van der Waals surface area contributed by atoms with Crippen LogP contribution >= 0.6 is 0 Å². The standard InChI is InChI=1S/C13H16N4O3S/c1-3-9-6-12(16-15-9)17-21(19,20)10-5-4-8(2)11(7-10)13(14)18/h4-7H,3H2,1-2H3,(H2,14,18)(H2,15,16,17). The molecule has 0 aliphatic rings. The maximum absolute atomic E-state index is 12.3. The Labute approximate surface area is 122 Å². The molecule has 0 unspecified atom stereocenters. The van der Waals surface area contributed by atoms with Gasteiger partial charge in [0.1, 0.15) is 0 Å². The molecular formula is C13H16N4O3S. The third kappa shape index (κ3) is 3.22. The lowest BCUT2D eigenvalue weighted by Gasteiger charge is -2.08. The van der Waals surface area contributed by atoms with Crippen molar-refractivity contribution in [3.8, 4) is 0 Å². The van der Waals surface area contributed by atoms with Gasteiger partial charge in [0.15, 0.2) is 5.82 Å². The maximum atomic E-state index is 12.3. The first-order valence-corrected chi connectivity index (χ1v) is 7.79. The maximum Gasteiger partial charge on any atom is 0.263 e. The van der Waals surface area contributed by atoms with Gasteiger partial charge in [0.2, 0.25) is 5.91 Å². The number of H-pyrrole nitrogens is 1. The molecule has 0 aliphatic carbocycles. The third-order valence-electron chi connectivity index (χ3n) is 3.04. The van der Waals surface area contributed by atoms with Crippen LogP contribution in [0.1, 0.15) is 28.5 Å². The van der Waals surface area contributed by atoms with E-state index in [9.17, 15) is 13.2 Å². The molecule has 0 spiro atoms. The third-order valence-corrected chi connectivity index (χ3v) is 4.39. The number of sulfonamides is 1. The van der Waals surface area contributed by atoms with Crippen LogP contribution in [0, 0.1) is 6.92 Å². The Morgan fingerprint density at radius 3 is 2.67 bits per heavy atom. The minimum atomic E-state index is -3.82. The van der Waals surface area contributed by atoms with Crippen molar-refractivity contribution in [2.24, 2.45) is 5.73 Å². The second-order valence-electron chi connectivity index (χ2n) is 4.58. The molecule has 0 saturated carbocycles. The number of aromatic amines is 1. The molecule has 1 heterocycles. The van der Waals surface area contributed by atoms with Crippen LogP contribution in [-0.2, 0) is 16.4 Å². The molecule has 4 N–H and O–H groups in total. The van der Waals surface area contributed by atoms with Crippen LogP contribution in [-0.4, -0.2) is 24.5 Å². The molecule has 0 fully saturated rings. The van der Waals surface area contributed by atoms with E-state index in [0.29, 0.717) is 12.0 Å². The zero-order valence-corrected chi connectivity index (χ0v) is 12.5. The Balaban J connectivity index is 2.35. The first-order chi connectivity index (χ1) is 9.83. The first kappa shape index (κ1) is 15.0. The molecule has 1 aromatic carbocycles. The number of primary amides is 1. The summed E-state index contributed by atoms with van der Waals surface area (Å²) in [5.74, 6) is -0.467. The molecule has 7 nitrogen and oxygen atoms in total. The number of aromatic nitrogens is 2. The second-order valence-corrected chi connectivity index (χ2v) is 6.26. The SMILES string of the molecule is CCc1cc(NS(=O)(=O)c2ccc(C)c(C(N)=O)c2)n[nH]1. The Hall–Kier alpha value is -2.35. The van der Waals surface area contributed by atoms with Crippen molar-refractivity contribution in [2.75, 3.05) is 4.72 Å². The van der Waals surface area contributed by atoms with Crippen LogP contribution in [0.15, 0.2) is 29.2 Å². The van der Waals surface area contributed by atoms with Crippen molar-refractivity contribution in [3.63, 3.8) is 0 Å². The van der Waals surface area contributed by atoms with Gasteiger partial charge in [-0.3, -0.25) is 14.6 Å². The van der Waals surface area contributed by atoms with Crippen molar-refractivity contribution in [2.45, 2.75) is 25.2 Å². The molecule has 2 rings (SSSR count). The van der Waals surface area contributed by atoms with Gasteiger partial charge in [-0.05, 0) is 31.0 Å². The van der Waals surface area contributed by atoms with E-state index in [-0.39, 0.29) is 16.3 Å². The number of benzene rings is 1. The normalized spacial score (nSPS) is 11.3. The highest BCUT2D eigenvalue weighted by Crippen LogP contribution is 2.18. The molecule has 0 bridgehead atoms. The summed E-state index contributed by atoms with van der Waals surface area (Å²) in [5.41, 5.74) is 6.84. The van der Waals surface area contributed by atoms with E-state index >= 15 is 0 Å². The van der Waals surface area contributed by atoms with E-state index in [0.717, 1.165) is 5.69 Å². The van der Waals surface area contributed by atoms with Crippen LogP contribution in [0.25, 0.3) is 0 Å². The number of nitrogens with two attached hydrogens (primary N) is 1. The fraction of sp³-hybridized carbons (Fsp3) is 0.231. The Kier molecular flexibility index (Phi) is 3.99. The van der Waals surface area contributed by atoms with E-state index in [2.05, 4.69) is 14.9 Å². The van der Waals surface area contributed by atoms with E-state index < -0.39 is 15.9 Å². The smallest absolute Gasteiger partial charge is 0.263 e. The molecule has 0 aliphatic heterocycles. The molecule has 112 valence electrons. The summed E-state index contributed by atoms with van der Waals surface area (Å²) < 4.78 is 26.9. The van der Waals surface area contributed by atoms with Gasteiger partial charge in [0.25, 0.3) is 10.0 Å². The van der Waals surface area contributed by atoms with Crippen LogP contribution < -0.4 is 10.5 Å². The highest BCUT2D eigenvalue weighted by molar-refractivity contribution is 7.92. The Morgan fingerprint density at radius 1 is 1.38 bits per heavy atom. The van der Waals surface area contributed by atoms with Gasteiger partial charge in [-0.15, -0.1) is 0 Å². The Bertz CT molecular complexity index is 780. The number of hydrogen-bond acceptors (Lipinski definition) is 4. The zero-order chi connectivity index (χ0) is 15.6. The van der Waals surface area contributed by atoms with E-state index in [1.54, 1.807) is 13.0 Å². The van der Waals surface area contributed by atoms with Gasteiger partial charge in [-0.25, -0.2) is 8.42 Å². The molecule has 2 aromatic rings. The minimum absolute atomic E-state index is 0.0389. The summed E-state index contributed by atoms with van der Waals surface area (Å²) in [6, 6.07) is 5.82. The minimum Gasteiger partial charge on any atom is -0.366 e. The number of carbonyl (C=O) groups excluding carboxylic acids is 1. The average molecular weight is 308 g/mol. The van der Waals surface area contributed by atoms with Crippen molar-refractivity contribution >= 4 is 21.7 Å². The number of aryl methyl sites for hydroxylation is 2. The number of amides is 1. The predicted molar refractivity (Wildman–Crippen MR) is 78.5 cm³/mol. The second kappa shape index (κ2) is 5.57. The molecule has 0 atom stereocenters. The van der Waals surface area contributed by atoms with Crippen LogP contribution in [0.2, 0.25) is 0 Å². The molecule has 1 aromatic heterocycles. The number of hydrogen-bond donors (Lipinski definition) is 3. The monoisotopic (exact) mass is 308 g/mol. The number of anilines is 1. The van der Waals surface area contributed by atoms with E-state index in [4.69, 9.17) is 5.73 Å². The number of nitrogens with zero attached hydrogens (tertiary/aromatic N) is 1. The highest BCUT2D eigenvalue weighted by atomic mass is 32.2. The average Bonchev–Trinajstić information content (AvgIpc) is 2.85. The molecule has 0 saturated heterocycles. The van der Waals surface area contributed by atoms with Crippen LogP contribution in [0.5, 0.6) is 0 Å². The lowest BCUT2D eigenvalue weighted by Crippen LogP contribution is -2.17. The zero-order valence-electron chi connectivity index (χ0n) is 11.7. The molecule has 8 heteroatoms. The summed E-state index contributed by atoms with van der Waals surface area (Å²) >= 11 is 0. The lowest BCUT2D eigenvalue weighted by atomic mass is 10.1. The van der Waals surface area contributed by atoms with Crippen molar-refractivity contribution in [3.05, 3.63) is 41.1 Å². The molecule has 1 amide bonds. The van der Waals surface area contributed by atoms with Crippen molar-refractivity contribution in [1.29, 1.82) is 0 Å². The largest absolute Gasteiger partial charge is 0.366 e. The van der Waals surface area contributed by atoms with Gasteiger partial charge >= 0.3 is 0 Å². The van der Waals surface area contributed by atoms with Crippen LogP contribution in [0.3, 0.4) is 0 Å². The number of carbonyl (C=O) groups is 1. The number of nitrogens with one attached hydrogen (secondary N) is 2. The summed E-state index contributed by atoms with van der Waals surface area (Å²) in [7, 11) is -3.82. The predicted octanol–water partition coefficient (Wildman–Crippen LogP) is 1.18. The van der Waals surface area contributed by atoms with Crippen molar-refractivity contribution in [1.82, 2.24) is 10.2 Å². The van der Waals surface area contributed by atoms with Gasteiger partial charge in [-0.1, -0.05) is 13.0 Å². The van der Waals surface area contributed by atoms with Crippen molar-refractivity contribution < 1.29 is 13.2 Å². The topological polar surface area (TPSA) is 118 Å².